The number of esters is 1. The average molecular weight is 499 g/mol. The van der Waals surface area contributed by atoms with Gasteiger partial charge in [-0.15, -0.1) is 0 Å². The summed E-state index contributed by atoms with van der Waals surface area (Å²) in [5.74, 6) is 0.579. The molecule has 3 aliphatic heterocycles. The number of carbonyl (C=O) groups excluding carboxylic acids is 3. The Hall–Kier alpha value is -3.07. The third-order valence-corrected chi connectivity index (χ3v) is 7.33. The van der Waals surface area contributed by atoms with Crippen molar-refractivity contribution in [2.45, 2.75) is 51.5 Å². The van der Waals surface area contributed by atoms with Gasteiger partial charge in [-0.25, -0.2) is 9.59 Å². The van der Waals surface area contributed by atoms with Crippen LogP contribution in [0.2, 0.25) is 0 Å². The molecule has 0 spiro atoms. The van der Waals surface area contributed by atoms with Crippen molar-refractivity contribution in [1.29, 1.82) is 0 Å². The molecule has 0 bridgehead atoms. The number of amides is 3. The highest BCUT2D eigenvalue weighted by Crippen LogP contribution is 2.30. The fraction of sp³-hybridized carbons (Fsp3) is 0.593. The molecule has 36 heavy (non-hydrogen) atoms. The highest BCUT2D eigenvalue weighted by Gasteiger charge is 2.35. The Bertz CT molecular complexity index is 961. The molecular formula is C27H38N4O5. The Morgan fingerprint density at radius 2 is 1.67 bits per heavy atom. The summed E-state index contributed by atoms with van der Waals surface area (Å²) in [6.45, 7) is 5.64. The third kappa shape index (κ3) is 6.19. The maximum Gasteiger partial charge on any atom is 0.338 e. The van der Waals surface area contributed by atoms with Crippen molar-refractivity contribution in [1.82, 2.24) is 20.4 Å². The molecule has 3 aliphatic rings. The quantitative estimate of drug-likeness (QED) is 0.561. The molecule has 2 fully saturated rings. The second-order valence-electron chi connectivity index (χ2n) is 9.71. The van der Waals surface area contributed by atoms with E-state index in [0.717, 1.165) is 57.4 Å². The fourth-order valence-corrected chi connectivity index (χ4v) is 5.35. The Morgan fingerprint density at radius 3 is 2.28 bits per heavy atom. The predicted molar refractivity (Wildman–Crippen MR) is 135 cm³/mol. The van der Waals surface area contributed by atoms with Crippen LogP contribution in [0, 0.1) is 5.92 Å². The lowest BCUT2D eigenvalue weighted by atomic mass is 9.93. The Morgan fingerprint density at radius 1 is 1.00 bits per heavy atom. The van der Waals surface area contributed by atoms with E-state index in [0.29, 0.717) is 23.6 Å². The largest absolute Gasteiger partial charge is 0.497 e. The molecule has 0 saturated carbocycles. The smallest absolute Gasteiger partial charge is 0.338 e. The Kier molecular flexibility index (Phi) is 8.85. The van der Waals surface area contributed by atoms with Crippen LogP contribution < -0.4 is 15.4 Å². The zero-order chi connectivity index (χ0) is 25.5. The van der Waals surface area contributed by atoms with Gasteiger partial charge in [0, 0.05) is 31.2 Å². The molecule has 3 heterocycles. The summed E-state index contributed by atoms with van der Waals surface area (Å²) in [5.41, 5.74) is 1.73. The SMILES string of the molecule is CCOC(=O)C1=C(CN2CCC(C(=O)N3CCCCCC3)CC2)NC(=O)NC1c1ccc(OC)cc1. The van der Waals surface area contributed by atoms with Gasteiger partial charge in [-0.2, -0.15) is 0 Å². The van der Waals surface area contributed by atoms with E-state index in [9.17, 15) is 14.4 Å². The minimum atomic E-state index is -0.624. The third-order valence-electron chi connectivity index (χ3n) is 7.33. The first-order valence-corrected chi connectivity index (χ1v) is 13.1. The monoisotopic (exact) mass is 498 g/mol. The molecule has 1 aromatic rings. The van der Waals surface area contributed by atoms with E-state index in [1.807, 2.05) is 12.1 Å². The van der Waals surface area contributed by atoms with E-state index in [4.69, 9.17) is 9.47 Å². The molecular weight excluding hydrogens is 460 g/mol. The van der Waals surface area contributed by atoms with Crippen LogP contribution in [-0.2, 0) is 14.3 Å². The number of likely N-dealkylation sites (tertiary alicyclic amines) is 2. The first-order valence-electron chi connectivity index (χ1n) is 13.1. The number of carbonyl (C=O) groups is 3. The van der Waals surface area contributed by atoms with Gasteiger partial charge in [0.1, 0.15) is 5.75 Å². The number of hydrogen-bond acceptors (Lipinski definition) is 6. The number of methoxy groups -OCH3 is 1. The molecule has 1 atom stereocenters. The summed E-state index contributed by atoms with van der Waals surface area (Å²) in [5, 5.41) is 5.73. The van der Waals surface area contributed by atoms with Crippen molar-refractivity contribution < 1.29 is 23.9 Å². The van der Waals surface area contributed by atoms with Crippen LogP contribution in [0.5, 0.6) is 5.75 Å². The van der Waals surface area contributed by atoms with Gasteiger partial charge in [0.05, 0.1) is 25.3 Å². The van der Waals surface area contributed by atoms with Crippen LogP contribution in [0.4, 0.5) is 4.79 Å². The number of piperidine rings is 1. The zero-order valence-corrected chi connectivity index (χ0v) is 21.4. The van der Waals surface area contributed by atoms with E-state index >= 15 is 0 Å². The van der Waals surface area contributed by atoms with Crippen molar-refractivity contribution in [2.24, 2.45) is 5.92 Å². The van der Waals surface area contributed by atoms with Crippen LogP contribution in [0.1, 0.15) is 57.1 Å². The van der Waals surface area contributed by atoms with Gasteiger partial charge in [0.15, 0.2) is 0 Å². The number of nitrogens with one attached hydrogen (secondary N) is 2. The first-order chi connectivity index (χ1) is 17.5. The van der Waals surface area contributed by atoms with E-state index in [1.165, 1.54) is 12.8 Å². The summed E-state index contributed by atoms with van der Waals surface area (Å²) in [6, 6.07) is 6.31. The normalized spacial score (nSPS) is 21.9. The van der Waals surface area contributed by atoms with Crippen LogP contribution in [0.3, 0.4) is 0 Å². The van der Waals surface area contributed by atoms with Gasteiger partial charge in [0.25, 0.3) is 0 Å². The summed E-state index contributed by atoms with van der Waals surface area (Å²) in [6.07, 6.45) is 6.17. The average Bonchev–Trinajstić information content (AvgIpc) is 3.18. The molecule has 3 amide bonds. The molecule has 1 aromatic carbocycles. The van der Waals surface area contributed by atoms with Crippen molar-refractivity contribution in [3.63, 3.8) is 0 Å². The maximum atomic E-state index is 13.1. The van der Waals surface area contributed by atoms with Gasteiger partial charge in [-0.3, -0.25) is 9.69 Å². The van der Waals surface area contributed by atoms with Gasteiger partial charge in [0.2, 0.25) is 5.91 Å². The lowest BCUT2D eigenvalue weighted by Gasteiger charge is -2.36. The molecule has 2 saturated heterocycles. The Balaban J connectivity index is 1.48. The second-order valence-corrected chi connectivity index (χ2v) is 9.71. The standard InChI is InChI=1S/C27H38N4O5/c1-3-36-26(33)23-22(28-27(34)29-24(23)19-8-10-21(35-2)11-9-19)18-30-16-12-20(13-17-30)25(32)31-14-6-4-5-7-15-31/h8-11,20,24H,3-7,12-18H2,1-2H3,(H2,28,29,34). The van der Waals surface area contributed by atoms with Crippen LogP contribution in [0.25, 0.3) is 0 Å². The van der Waals surface area contributed by atoms with Gasteiger partial charge in [-0.1, -0.05) is 25.0 Å². The number of nitrogens with zero attached hydrogens (tertiary/aromatic N) is 2. The van der Waals surface area contributed by atoms with Crippen molar-refractivity contribution >= 4 is 17.9 Å². The fourth-order valence-electron chi connectivity index (χ4n) is 5.35. The van der Waals surface area contributed by atoms with Crippen molar-refractivity contribution in [3.05, 3.63) is 41.1 Å². The van der Waals surface area contributed by atoms with E-state index < -0.39 is 12.0 Å². The van der Waals surface area contributed by atoms with E-state index in [-0.39, 0.29) is 24.5 Å². The molecule has 0 radical (unpaired) electrons. The minimum Gasteiger partial charge on any atom is -0.497 e. The summed E-state index contributed by atoms with van der Waals surface area (Å²) < 4.78 is 10.6. The summed E-state index contributed by atoms with van der Waals surface area (Å²) in [7, 11) is 1.59. The lowest BCUT2D eigenvalue weighted by molar-refractivity contribution is -0.139. The van der Waals surface area contributed by atoms with Crippen LogP contribution in [0.15, 0.2) is 35.5 Å². The highest BCUT2D eigenvalue weighted by atomic mass is 16.5. The molecule has 196 valence electrons. The maximum absolute atomic E-state index is 13.1. The number of hydrogen-bond donors (Lipinski definition) is 2. The van der Waals surface area contributed by atoms with Crippen molar-refractivity contribution in [3.8, 4) is 5.75 Å². The number of rotatable bonds is 7. The number of urea groups is 1. The zero-order valence-electron chi connectivity index (χ0n) is 21.4. The first kappa shape index (κ1) is 26.0. The van der Waals surface area contributed by atoms with Gasteiger partial charge >= 0.3 is 12.0 Å². The molecule has 9 nitrogen and oxygen atoms in total. The topological polar surface area (TPSA) is 100 Å². The molecule has 4 rings (SSSR count). The minimum absolute atomic E-state index is 0.0486. The highest BCUT2D eigenvalue weighted by molar-refractivity contribution is 5.95. The van der Waals surface area contributed by atoms with Crippen LogP contribution >= 0.6 is 0 Å². The van der Waals surface area contributed by atoms with Crippen molar-refractivity contribution in [2.75, 3.05) is 46.4 Å². The van der Waals surface area contributed by atoms with E-state index in [1.54, 1.807) is 26.2 Å². The van der Waals surface area contributed by atoms with E-state index in [2.05, 4.69) is 20.4 Å². The predicted octanol–water partition coefficient (Wildman–Crippen LogP) is 2.98. The van der Waals surface area contributed by atoms with Gasteiger partial charge in [-0.05, 0) is 63.4 Å². The number of benzene rings is 1. The molecule has 0 aliphatic carbocycles. The van der Waals surface area contributed by atoms with Crippen LogP contribution in [-0.4, -0.2) is 74.1 Å². The summed E-state index contributed by atoms with van der Waals surface area (Å²) >= 11 is 0. The second kappa shape index (κ2) is 12.3. The molecule has 1 unspecified atom stereocenters. The molecule has 2 N–H and O–H groups in total. The van der Waals surface area contributed by atoms with Gasteiger partial charge < -0.3 is 25.0 Å². The Labute approximate surface area is 213 Å². The lowest BCUT2D eigenvalue weighted by Crippen LogP contribution is -2.50. The molecule has 0 aromatic heterocycles. The summed E-state index contributed by atoms with van der Waals surface area (Å²) in [4.78, 5) is 43.0. The molecule has 9 heteroatoms. The number of ether oxygens (including phenoxy) is 2.